The number of fused-ring (bicyclic) bond motifs is 1. The van der Waals surface area contributed by atoms with E-state index in [0.717, 1.165) is 63.6 Å². The number of carbonyl (C=O) groups is 1. The molecule has 8 nitrogen and oxygen atoms in total. The van der Waals surface area contributed by atoms with Crippen molar-refractivity contribution in [3.8, 4) is 0 Å². The van der Waals surface area contributed by atoms with Gasteiger partial charge in [-0.25, -0.2) is 0 Å². The van der Waals surface area contributed by atoms with Crippen molar-refractivity contribution in [3.63, 3.8) is 0 Å². The Morgan fingerprint density at radius 3 is 3.08 bits per heavy atom. The summed E-state index contributed by atoms with van der Waals surface area (Å²) in [5.41, 5.74) is 3.23. The van der Waals surface area contributed by atoms with Gasteiger partial charge in [-0.1, -0.05) is 0 Å². The SMILES string of the molecule is O=C1CCCN1c1cnn(C2CCN(Cc3cc4n(n3)CCOC4)C2)c1. The Hall–Kier alpha value is -2.19. The van der Waals surface area contributed by atoms with Crippen LogP contribution in [-0.2, 0) is 29.2 Å². The molecule has 3 aliphatic heterocycles. The molecule has 0 aromatic carbocycles. The average molecular weight is 356 g/mol. The van der Waals surface area contributed by atoms with Gasteiger partial charge in [0, 0.05) is 38.8 Å². The Kier molecular flexibility index (Phi) is 4.01. The van der Waals surface area contributed by atoms with E-state index in [1.165, 1.54) is 5.69 Å². The van der Waals surface area contributed by atoms with Gasteiger partial charge in [-0.3, -0.25) is 19.1 Å². The molecular weight excluding hydrogens is 332 g/mol. The first-order valence-corrected chi connectivity index (χ1v) is 9.46. The van der Waals surface area contributed by atoms with Crippen LogP contribution in [0.25, 0.3) is 0 Å². The highest BCUT2D eigenvalue weighted by molar-refractivity contribution is 5.95. The van der Waals surface area contributed by atoms with Gasteiger partial charge in [0.25, 0.3) is 0 Å². The van der Waals surface area contributed by atoms with Gasteiger partial charge in [0.15, 0.2) is 0 Å². The average Bonchev–Trinajstić information content (AvgIpc) is 3.40. The van der Waals surface area contributed by atoms with Gasteiger partial charge in [-0.15, -0.1) is 0 Å². The fraction of sp³-hybridized carbons (Fsp3) is 0.611. The van der Waals surface area contributed by atoms with E-state index in [1.807, 2.05) is 22.0 Å². The normalized spacial score (nSPS) is 23.8. The number of anilines is 1. The lowest BCUT2D eigenvalue weighted by Gasteiger charge is -2.15. The summed E-state index contributed by atoms with van der Waals surface area (Å²) in [6.07, 6.45) is 6.54. The minimum absolute atomic E-state index is 0.213. The van der Waals surface area contributed by atoms with Gasteiger partial charge >= 0.3 is 0 Å². The second-order valence-corrected chi connectivity index (χ2v) is 7.41. The lowest BCUT2D eigenvalue weighted by atomic mass is 10.3. The molecule has 2 fully saturated rings. The maximum atomic E-state index is 11.9. The largest absolute Gasteiger partial charge is 0.373 e. The predicted molar refractivity (Wildman–Crippen MR) is 94.6 cm³/mol. The van der Waals surface area contributed by atoms with Crippen LogP contribution in [0.1, 0.15) is 36.7 Å². The molecule has 0 saturated carbocycles. The monoisotopic (exact) mass is 356 g/mol. The number of likely N-dealkylation sites (tertiary alicyclic amines) is 1. The Bertz CT molecular complexity index is 789. The minimum atomic E-state index is 0.213. The lowest BCUT2D eigenvalue weighted by molar-refractivity contribution is -0.117. The predicted octanol–water partition coefficient (Wildman–Crippen LogP) is 1.18. The summed E-state index contributed by atoms with van der Waals surface area (Å²) in [7, 11) is 0. The zero-order valence-corrected chi connectivity index (χ0v) is 14.9. The summed E-state index contributed by atoms with van der Waals surface area (Å²) in [5, 5.41) is 9.24. The standard InChI is InChI=1S/C18H24N6O2/c25-18-2-1-4-22(18)17-9-19-24(12-17)15-3-5-21(11-15)10-14-8-16-13-26-7-6-23(16)20-14/h8-9,12,15H,1-7,10-11,13H2. The number of amides is 1. The topological polar surface area (TPSA) is 68.4 Å². The molecule has 0 aliphatic carbocycles. The first kappa shape index (κ1) is 16.0. The van der Waals surface area contributed by atoms with Crippen molar-refractivity contribution in [3.05, 3.63) is 29.8 Å². The zero-order chi connectivity index (χ0) is 17.5. The van der Waals surface area contributed by atoms with E-state index in [9.17, 15) is 4.79 Å². The first-order chi connectivity index (χ1) is 12.8. The molecule has 0 bridgehead atoms. The molecular formula is C18H24N6O2. The van der Waals surface area contributed by atoms with Crippen LogP contribution in [0, 0.1) is 0 Å². The highest BCUT2D eigenvalue weighted by Gasteiger charge is 2.28. The van der Waals surface area contributed by atoms with Crippen molar-refractivity contribution in [2.24, 2.45) is 0 Å². The van der Waals surface area contributed by atoms with E-state index >= 15 is 0 Å². The molecule has 8 heteroatoms. The van der Waals surface area contributed by atoms with Gasteiger partial charge < -0.3 is 9.64 Å². The molecule has 0 radical (unpaired) electrons. The van der Waals surface area contributed by atoms with E-state index in [4.69, 9.17) is 9.84 Å². The summed E-state index contributed by atoms with van der Waals surface area (Å²) in [5.74, 6) is 0.213. The molecule has 0 spiro atoms. The highest BCUT2D eigenvalue weighted by Crippen LogP contribution is 2.26. The smallest absolute Gasteiger partial charge is 0.227 e. The van der Waals surface area contributed by atoms with E-state index in [-0.39, 0.29) is 5.91 Å². The van der Waals surface area contributed by atoms with Gasteiger partial charge in [0.05, 0.1) is 49.1 Å². The first-order valence-electron chi connectivity index (χ1n) is 9.46. The second-order valence-electron chi connectivity index (χ2n) is 7.41. The number of ether oxygens (including phenoxy) is 1. The Morgan fingerprint density at radius 1 is 1.27 bits per heavy atom. The van der Waals surface area contributed by atoms with Crippen LogP contribution in [0.15, 0.2) is 18.5 Å². The molecule has 1 unspecified atom stereocenters. The van der Waals surface area contributed by atoms with Crippen molar-refractivity contribution >= 4 is 11.6 Å². The van der Waals surface area contributed by atoms with Crippen LogP contribution in [0.2, 0.25) is 0 Å². The maximum Gasteiger partial charge on any atom is 0.227 e. The summed E-state index contributed by atoms with van der Waals surface area (Å²) < 4.78 is 9.60. The Balaban J connectivity index is 1.22. The number of rotatable bonds is 4. The molecule has 138 valence electrons. The lowest BCUT2D eigenvalue weighted by Crippen LogP contribution is -2.23. The van der Waals surface area contributed by atoms with E-state index in [0.29, 0.717) is 19.1 Å². The van der Waals surface area contributed by atoms with Crippen molar-refractivity contribution < 1.29 is 9.53 Å². The zero-order valence-electron chi connectivity index (χ0n) is 14.9. The van der Waals surface area contributed by atoms with Crippen molar-refractivity contribution in [1.82, 2.24) is 24.5 Å². The molecule has 5 rings (SSSR count). The third-order valence-corrected chi connectivity index (χ3v) is 5.59. The molecule has 1 amide bonds. The van der Waals surface area contributed by atoms with Gasteiger partial charge in [-0.2, -0.15) is 10.2 Å². The summed E-state index contributed by atoms with van der Waals surface area (Å²) in [6, 6.07) is 2.53. The summed E-state index contributed by atoms with van der Waals surface area (Å²) in [6.45, 7) is 5.96. The number of carbonyl (C=O) groups excluding carboxylic acids is 1. The number of aromatic nitrogens is 4. The molecule has 26 heavy (non-hydrogen) atoms. The maximum absolute atomic E-state index is 11.9. The van der Waals surface area contributed by atoms with Gasteiger partial charge in [-0.05, 0) is 18.9 Å². The Labute approximate surface area is 152 Å². The molecule has 2 aromatic rings. The van der Waals surface area contributed by atoms with Crippen LogP contribution < -0.4 is 4.90 Å². The van der Waals surface area contributed by atoms with Crippen molar-refractivity contribution in [2.45, 2.75) is 45.0 Å². The van der Waals surface area contributed by atoms with Crippen LogP contribution in [-0.4, -0.2) is 56.6 Å². The van der Waals surface area contributed by atoms with Crippen molar-refractivity contribution in [2.75, 3.05) is 31.1 Å². The molecule has 1 atom stereocenters. The van der Waals surface area contributed by atoms with E-state index in [2.05, 4.69) is 20.7 Å². The van der Waals surface area contributed by atoms with Crippen LogP contribution in [0.4, 0.5) is 5.69 Å². The fourth-order valence-corrected chi connectivity index (χ4v) is 4.22. The molecule has 2 saturated heterocycles. The van der Waals surface area contributed by atoms with Crippen LogP contribution in [0.5, 0.6) is 0 Å². The number of hydrogen-bond acceptors (Lipinski definition) is 5. The quantitative estimate of drug-likeness (QED) is 0.823. The summed E-state index contributed by atoms with van der Waals surface area (Å²) >= 11 is 0. The fourth-order valence-electron chi connectivity index (χ4n) is 4.22. The Morgan fingerprint density at radius 2 is 2.23 bits per heavy atom. The summed E-state index contributed by atoms with van der Waals surface area (Å²) in [4.78, 5) is 16.2. The van der Waals surface area contributed by atoms with Gasteiger partial charge in [0.2, 0.25) is 5.91 Å². The van der Waals surface area contributed by atoms with Gasteiger partial charge in [0.1, 0.15) is 0 Å². The number of nitrogens with zero attached hydrogens (tertiary/aromatic N) is 6. The van der Waals surface area contributed by atoms with Crippen LogP contribution >= 0.6 is 0 Å². The minimum Gasteiger partial charge on any atom is -0.373 e. The third-order valence-electron chi connectivity index (χ3n) is 5.59. The van der Waals surface area contributed by atoms with Crippen LogP contribution in [0.3, 0.4) is 0 Å². The van der Waals surface area contributed by atoms with Crippen molar-refractivity contribution in [1.29, 1.82) is 0 Å². The number of hydrogen-bond donors (Lipinski definition) is 0. The molecule has 2 aromatic heterocycles. The second kappa shape index (κ2) is 6.51. The third kappa shape index (κ3) is 2.93. The van der Waals surface area contributed by atoms with E-state index in [1.54, 1.807) is 0 Å². The molecule has 0 N–H and O–H groups in total. The molecule has 5 heterocycles. The highest BCUT2D eigenvalue weighted by atomic mass is 16.5. The molecule has 3 aliphatic rings. The van der Waals surface area contributed by atoms with E-state index < -0.39 is 0 Å².